The zero-order valence-corrected chi connectivity index (χ0v) is 19.3. The standard InChI is InChI=1S/C26H29N5O2/c1-17-14-18(2)31(29-17)16-20-15-19(11-12-24(20)33-3)26(32)30-13-7-6-10-23(30)25-27-21-8-4-5-9-22(21)28-25/h4-5,8-9,11-12,14-15,23H,6-7,10,13,16H2,1-3H3,(H,27,28)/t23-/m1/s1. The van der Waals surface area contributed by atoms with E-state index in [9.17, 15) is 4.79 Å². The van der Waals surface area contributed by atoms with Crippen LogP contribution < -0.4 is 4.74 Å². The molecule has 0 saturated carbocycles. The lowest BCUT2D eigenvalue weighted by atomic mass is 9.99. The molecule has 2 aromatic carbocycles. The first kappa shape index (κ1) is 21.2. The van der Waals surface area contributed by atoms with Crippen LogP contribution in [0.5, 0.6) is 5.75 Å². The van der Waals surface area contributed by atoms with Crippen LogP contribution in [-0.2, 0) is 6.54 Å². The molecular formula is C26H29N5O2. The summed E-state index contributed by atoms with van der Waals surface area (Å²) in [5, 5.41) is 4.57. The molecular weight excluding hydrogens is 414 g/mol. The minimum atomic E-state index is -0.0554. The molecule has 3 heterocycles. The fourth-order valence-corrected chi connectivity index (χ4v) is 4.79. The number of benzene rings is 2. The molecule has 1 N–H and O–H groups in total. The Morgan fingerprint density at radius 2 is 2.00 bits per heavy atom. The van der Waals surface area contributed by atoms with Crippen LogP contribution in [0.4, 0.5) is 0 Å². The molecule has 1 fully saturated rings. The van der Waals surface area contributed by atoms with Gasteiger partial charge in [-0.1, -0.05) is 12.1 Å². The van der Waals surface area contributed by atoms with Crippen molar-refractivity contribution >= 4 is 16.9 Å². The van der Waals surface area contributed by atoms with Crippen LogP contribution in [0.2, 0.25) is 0 Å². The van der Waals surface area contributed by atoms with Crippen LogP contribution in [-0.4, -0.2) is 44.2 Å². The maximum atomic E-state index is 13.7. The van der Waals surface area contributed by atoms with Crippen LogP contribution in [0.3, 0.4) is 0 Å². The Balaban J connectivity index is 1.46. The molecule has 4 aromatic rings. The monoisotopic (exact) mass is 443 g/mol. The summed E-state index contributed by atoms with van der Waals surface area (Å²) >= 11 is 0. The second kappa shape index (κ2) is 8.73. The molecule has 170 valence electrons. The van der Waals surface area contributed by atoms with Crippen molar-refractivity contribution in [2.75, 3.05) is 13.7 Å². The maximum absolute atomic E-state index is 13.7. The predicted octanol–water partition coefficient (Wildman–Crippen LogP) is 4.80. The number of likely N-dealkylation sites (tertiary alicyclic amines) is 1. The van der Waals surface area contributed by atoms with E-state index >= 15 is 0 Å². The van der Waals surface area contributed by atoms with Crippen LogP contribution in [0, 0.1) is 13.8 Å². The summed E-state index contributed by atoms with van der Waals surface area (Å²) in [7, 11) is 1.66. The molecule has 2 aromatic heterocycles. The number of methoxy groups -OCH3 is 1. The molecule has 7 heteroatoms. The summed E-state index contributed by atoms with van der Waals surface area (Å²) in [6.07, 6.45) is 2.98. The second-order valence-corrected chi connectivity index (χ2v) is 8.76. The van der Waals surface area contributed by atoms with E-state index in [4.69, 9.17) is 9.72 Å². The highest BCUT2D eigenvalue weighted by atomic mass is 16.5. The van der Waals surface area contributed by atoms with E-state index in [0.29, 0.717) is 12.1 Å². The van der Waals surface area contributed by atoms with Gasteiger partial charge in [-0.3, -0.25) is 9.48 Å². The zero-order chi connectivity index (χ0) is 22.9. The maximum Gasteiger partial charge on any atom is 0.254 e. The van der Waals surface area contributed by atoms with Gasteiger partial charge in [-0.05, 0) is 69.5 Å². The van der Waals surface area contributed by atoms with Gasteiger partial charge in [-0.15, -0.1) is 0 Å². The molecule has 0 unspecified atom stereocenters. The number of piperidine rings is 1. The van der Waals surface area contributed by atoms with E-state index in [-0.39, 0.29) is 11.9 Å². The molecule has 5 rings (SSSR count). The molecule has 0 aliphatic carbocycles. The summed E-state index contributed by atoms with van der Waals surface area (Å²) in [5.41, 5.74) is 5.58. The Morgan fingerprint density at radius 3 is 2.76 bits per heavy atom. The lowest BCUT2D eigenvalue weighted by molar-refractivity contribution is 0.0601. The molecule has 1 atom stereocenters. The molecule has 0 radical (unpaired) electrons. The summed E-state index contributed by atoms with van der Waals surface area (Å²) in [5.74, 6) is 1.64. The van der Waals surface area contributed by atoms with Gasteiger partial charge in [0, 0.05) is 23.4 Å². The number of fused-ring (bicyclic) bond motifs is 1. The SMILES string of the molecule is COc1ccc(C(=O)N2CCCC[C@@H]2c2nc3ccccc3[nH]2)cc1Cn1nc(C)cc1C. The number of rotatable bonds is 5. The van der Waals surface area contributed by atoms with E-state index in [1.165, 1.54) is 0 Å². The van der Waals surface area contributed by atoms with Gasteiger partial charge in [0.1, 0.15) is 11.6 Å². The first-order valence-corrected chi connectivity index (χ1v) is 11.5. The number of H-pyrrole nitrogens is 1. The summed E-state index contributed by atoms with van der Waals surface area (Å²) in [6.45, 7) is 5.29. The quantitative estimate of drug-likeness (QED) is 0.481. The van der Waals surface area contributed by atoms with Gasteiger partial charge >= 0.3 is 0 Å². The third kappa shape index (κ3) is 4.11. The van der Waals surface area contributed by atoms with Crippen molar-refractivity contribution in [2.45, 2.75) is 45.7 Å². The number of ether oxygens (including phenoxy) is 1. The van der Waals surface area contributed by atoms with Crippen molar-refractivity contribution in [3.05, 3.63) is 76.9 Å². The smallest absolute Gasteiger partial charge is 0.254 e. The Hall–Kier alpha value is -3.61. The number of nitrogens with zero attached hydrogens (tertiary/aromatic N) is 4. The predicted molar refractivity (Wildman–Crippen MR) is 128 cm³/mol. The highest BCUT2D eigenvalue weighted by Gasteiger charge is 2.31. The average molecular weight is 444 g/mol. The fourth-order valence-electron chi connectivity index (χ4n) is 4.79. The van der Waals surface area contributed by atoms with E-state index in [0.717, 1.165) is 65.4 Å². The van der Waals surface area contributed by atoms with E-state index in [2.05, 4.69) is 10.1 Å². The van der Waals surface area contributed by atoms with Crippen molar-refractivity contribution in [2.24, 2.45) is 0 Å². The van der Waals surface area contributed by atoms with Crippen LogP contribution in [0.1, 0.15) is 58.4 Å². The minimum Gasteiger partial charge on any atom is -0.496 e. The number of carbonyl (C=O) groups excluding carboxylic acids is 1. The zero-order valence-electron chi connectivity index (χ0n) is 19.3. The Bertz CT molecular complexity index is 1270. The Morgan fingerprint density at radius 1 is 1.15 bits per heavy atom. The molecule has 1 aliphatic heterocycles. The summed E-state index contributed by atoms with van der Waals surface area (Å²) < 4.78 is 7.53. The highest BCUT2D eigenvalue weighted by molar-refractivity contribution is 5.95. The number of aromatic nitrogens is 4. The van der Waals surface area contributed by atoms with E-state index in [1.54, 1.807) is 7.11 Å². The van der Waals surface area contributed by atoms with Crippen molar-refractivity contribution < 1.29 is 9.53 Å². The average Bonchev–Trinajstić information content (AvgIpc) is 3.40. The number of aromatic amines is 1. The van der Waals surface area contributed by atoms with Crippen molar-refractivity contribution in [1.29, 1.82) is 0 Å². The van der Waals surface area contributed by atoms with Crippen LogP contribution in [0.15, 0.2) is 48.5 Å². The summed E-state index contributed by atoms with van der Waals surface area (Å²) in [4.78, 5) is 23.9. The third-order valence-corrected chi connectivity index (χ3v) is 6.44. The Kier molecular flexibility index (Phi) is 5.62. The third-order valence-electron chi connectivity index (χ3n) is 6.44. The largest absolute Gasteiger partial charge is 0.496 e. The number of amides is 1. The number of para-hydroxylation sites is 2. The van der Waals surface area contributed by atoms with Crippen molar-refractivity contribution in [3.8, 4) is 5.75 Å². The van der Waals surface area contributed by atoms with Gasteiger partial charge in [0.05, 0.1) is 36.4 Å². The molecule has 0 bridgehead atoms. The number of aryl methyl sites for hydroxylation is 2. The first-order chi connectivity index (χ1) is 16.0. The van der Waals surface area contributed by atoms with Crippen LogP contribution >= 0.6 is 0 Å². The molecule has 1 aliphatic rings. The highest BCUT2D eigenvalue weighted by Crippen LogP contribution is 2.32. The van der Waals surface area contributed by atoms with Crippen LogP contribution in [0.25, 0.3) is 11.0 Å². The summed E-state index contributed by atoms with van der Waals surface area (Å²) in [6, 6.07) is 15.7. The molecule has 1 amide bonds. The van der Waals surface area contributed by atoms with E-state index in [1.807, 2.05) is 72.0 Å². The van der Waals surface area contributed by atoms with Crippen molar-refractivity contribution in [1.82, 2.24) is 24.6 Å². The lowest BCUT2D eigenvalue weighted by Gasteiger charge is -2.34. The minimum absolute atomic E-state index is 0.0254. The van der Waals surface area contributed by atoms with Gasteiger partial charge in [0.25, 0.3) is 5.91 Å². The van der Waals surface area contributed by atoms with Gasteiger partial charge < -0.3 is 14.6 Å². The molecule has 1 saturated heterocycles. The van der Waals surface area contributed by atoms with Gasteiger partial charge in [0.15, 0.2) is 0 Å². The van der Waals surface area contributed by atoms with Gasteiger partial charge in [-0.2, -0.15) is 5.10 Å². The lowest BCUT2D eigenvalue weighted by Crippen LogP contribution is -2.39. The van der Waals surface area contributed by atoms with Crippen molar-refractivity contribution in [3.63, 3.8) is 0 Å². The Labute approximate surface area is 193 Å². The topological polar surface area (TPSA) is 76.0 Å². The van der Waals surface area contributed by atoms with Gasteiger partial charge in [0.2, 0.25) is 0 Å². The van der Waals surface area contributed by atoms with Gasteiger partial charge in [-0.25, -0.2) is 4.98 Å². The fraction of sp³-hybridized carbons (Fsp3) is 0.346. The molecule has 33 heavy (non-hydrogen) atoms. The number of hydrogen-bond acceptors (Lipinski definition) is 4. The normalized spacial score (nSPS) is 16.3. The molecule has 7 nitrogen and oxygen atoms in total. The number of carbonyl (C=O) groups is 1. The molecule has 0 spiro atoms. The second-order valence-electron chi connectivity index (χ2n) is 8.76. The first-order valence-electron chi connectivity index (χ1n) is 11.5. The number of imidazole rings is 1. The van der Waals surface area contributed by atoms with E-state index < -0.39 is 0 Å². The number of nitrogens with one attached hydrogen (secondary N) is 1. The number of hydrogen-bond donors (Lipinski definition) is 1.